The number of methoxy groups -OCH3 is 1. The summed E-state index contributed by atoms with van der Waals surface area (Å²) in [6.07, 6.45) is 0. The summed E-state index contributed by atoms with van der Waals surface area (Å²) < 4.78 is 5.94. The maximum Gasteiger partial charge on any atom is 0.251 e. The van der Waals surface area contributed by atoms with Crippen LogP contribution in [0.3, 0.4) is 0 Å². The van der Waals surface area contributed by atoms with Crippen LogP contribution in [0.1, 0.15) is 21.3 Å². The van der Waals surface area contributed by atoms with E-state index in [1.165, 1.54) is 4.88 Å². The molecule has 1 heterocycles. The number of likely N-dealkylation sites (N-methyl/N-ethyl adjacent to an activating group) is 1. The molecule has 1 atom stereocenters. The van der Waals surface area contributed by atoms with Crippen molar-refractivity contribution in [1.29, 1.82) is 0 Å². The average molecular weight is 383 g/mol. The first-order valence-corrected chi connectivity index (χ1v) is 8.51. The van der Waals surface area contributed by atoms with Crippen LogP contribution in [0.15, 0.2) is 40.2 Å². The quantitative estimate of drug-likeness (QED) is 0.830. The summed E-state index contributed by atoms with van der Waals surface area (Å²) in [5, 5.41) is 5.05. The maximum absolute atomic E-state index is 12.3. The van der Waals surface area contributed by atoms with E-state index in [9.17, 15) is 4.79 Å². The minimum Gasteiger partial charge on any atom is -0.496 e. The smallest absolute Gasteiger partial charge is 0.251 e. The molecular formula is C16H19BrN2O2S. The van der Waals surface area contributed by atoms with Crippen molar-refractivity contribution >= 4 is 33.2 Å². The van der Waals surface area contributed by atoms with Gasteiger partial charge in [0.1, 0.15) is 5.75 Å². The van der Waals surface area contributed by atoms with E-state index < -0.39 is 0 Å². The van der Waals surface area contributed by atoms with Gasteiger partial charge in [-0.2, -0.15) is 0 Å². The van der Waals surface area contributed by atoms with Gasteiger partial charge in [-0.1, -0.05) is 6.07 Å². The number of carbonyl (C=O) groups is 1. The van der Waals surface area contributed by atoms with Gasteiger partial charge in [-0.05, 0) is 59.7 Å². The van der Waals surface area contributed by atoms with Crippen molar-refractivity contribution < 1.29 is 9.53 Å². The molecule has 0 aliphatic carbocycles. The number of hydrogen-bond acceptors (Lipinski definition) is 4. The number of carbonyl (C=O) groups excluding carboxylic acids is 1. The van der Waals surface area contributed by atoms with Gasteiger partial charge in [0.15, 0.2) is 0 Å². The molecule has 2 aromatic rings. The average Bonchev–Trinajstić information content (AvgIpc) is 3.00. The minimum atomic E-state index is -0.0910. The molecule has 0 aliphatic heterocycles. The first-order chi connectivity index (χ1) is 10.5. The highest BCUT2D eigenvalue weighted by Crippen LogP contribution is 2.26. The van der Waals surface area contributed by atoms with E-state index in [2.05, 4.69) is 32.2 Å². The van der Waals surface area contributed by atoms with Crippen LogP contribution in [-0.2, 0) is 0 Å². The Bertz CT molecular complexity index is 629. The SMILES string of the molecule is COc1ccc(C(=O)NCC(c2cccs2)N(C)C)cc1Br. The Kier molecular flexibility index (Phi) is 5.99. The Labute approximate surface area is 143 Å². The summed E-state index contributed by atoms with van der Waals surface area (Å²) in [6.45, 7) is 0.565. The molecular weight excluding hydrogens is 364 g/mol. The first kappa shape index (κ1) is 17.0. The zero-order chi connectivity index (χ0) is 16.1. The minimum absolute atomic E-state index is 0.0910. The Morgan fingerprint density at radius 1 is 1.41 bits per heavy atom. The molecule has 2 rings (SSSR count). The normalized spacial score (nSPS) is 12.2. The highest BCUT2D eigenvalue weighted by atomic mass is 79.9. The van der Waals surface area contributed by atoms with E-state index in [0.717, 1.165) is 4.47 Å². The van der Waals surface area contributed by atoms with Crippen molar-refractivity contribution in [2.45, 2.75) is 6.04 Å². The zero-order valence-electron chi connectivity index (χ0n) is 12.8. The lowest BCUT2D eigenvalue weighted by Gasteiger charge is -2.23. The van der Waals surface area contributed by atoms with Gasteiger partial charge in [-0.25, -0.2) is 0 Å². The largest absolute Gasteiger partial charge is 0.496 e. The Balaban J connectivity index is 2.04. The van der Waals surface area contributed by atoms with Gasteiger partial charge in [-0.3, -0.25) is 4.79 Å². The molecule has 4 nitrogen and oxygen atoms in total. The number of amides is 1. The fraction of sp³-hybridized carbons (Fsp3) is 0.312. The molecule has 0 saturated heterocycles. The predicted octanol–water partition coefficient (Wildman–Crippen LogP) is 3.55. The van der Waals surface area contributed by atoms with Gasteiger partial charge in [0, 0.05) is 17.0 Å². The van der Waals surface area contributed by atoms with Crippen LogP contribution in [0.5, 0.6) is 5.75 Å². The van der Waals surface area contributed by atoms with Gasteiger partial charge in [0.25, 0.3) is 5.91 Å². The summed E-state index contributed by atoms with van der Waals surface area (Å²) in [4.78, 5) is 15.6. The van der Waals surface area contributed by atoms with E-state index in [1.807, 2.05) is 25.5 Å². The predicted molar refractivity (Wildman–Crippen MR) is 93.8 cm³/mol. The second-order valence-electron chi connectivity index (χ2n) is 5.05. The lowest BCUT2D eigenvalue weighted by molar-refractivity contribution is 0.0942. The third kappa shape index (κ3) is 4.09. The molecule has 6 heteroatoms. The van der Waals surface area contributed by atoms with Gasteiger partial charge in [0.05, 0.1) is 17.6 Å². The van der Waals surface area contributed by atoms with Crippen molar-refractivity contribution in [3.05, 3.63) is 50.6 Å². The van der Waals surface area contributed by atoms with Crippen molar-refractivity contribution in [1.82, 2.24) is 10.2 Å². The summed E-state index contributed by atoms with van der Waals surface area (Å²) in [5.41, 5.74) is 0.608. The van der Waals surface area contributed by atoms with E-state index >= 15 is 0 Å². The lowest BCUT2D eigenvalue weighted by Crippen LogP contribution is -2.34. The molecule has 0 fully saturated rings. The third-order valence-corrected chi connectivity index (χ3v) is 4.96. The number of hydrogen-bond donors (Lipinski definition) is 1. The van der Waals surface area contributed by atoms with E-state index in [0.29, 0.717) is 17.9 Å². The van der Waals surface area contributed by atoms with Crippen molar-refractivity contribution in [3.8, 4) is 5.75 Å². The molecule has 118 valence electrons. The van der Waals surface area contributed by atoms with E-state index in [-0.39, 0.29) is 11.9 Å². The second-order valence-corrected chi connectivity index (χ2v) is 6.89. The number of thiophene rings is 1. The van der Waals surface area contributed by atoms with Crippen LogP contribution in [0, 0.1) is 0 Å². The fourth-order valence-electron chi connectivity index (χ4n) is 2.12. The number of nitrogens with zero attached hydrogens (tertiary/aromatic N) is 1. The second kappa shape index (κ2) is 7.76. The van der Waals surface area contributed by atoms with Crippen molar-refractivity contribution in [2.24, 2.45) is 0 Å². The van der Waals surface area contributed by atoms with Gasteiger partial charge >= 0.3 is 0 Å². The molecule has 1 amide bonds. The molecule has 22 heavy (non-hydrogen) atoms. The maximum atomic E-state index is 12.3. The van der Waals surface area contributed by atoms with Crippen LogP contribution in [0.25, 0.3) is 0 Å². The summed E-state index contributed by atoms with van der Waals surface area (Å²) in [5.74, 6) is 0.619. The highest BCUT2D eigenvalue weighted by molar-refractivity contribution is 9.10. The van der Waals surface area contributed by atoms with Crippen LogP contribution >= 0.6 is 27.3 Å². The van der Waals surface area contributed by atoms with E-state index in [1.54, 1.807) is 36.6 Å². The van der Waals surface area contributed by atoms with Crippen LogP contribution < -0.4 is 10.1 Å². The molecule has 1 N–H and O–H groups in total. The van der Waals surface area contributed by atoms with Crippen LogP contribution in [-0.4, -0.2) is 38.6 Å². The molecule has 0 saturated carbocycles. The van der Waals surface area contributed by atoms with Gasteiger partial charge in [-0.15, -0.1) is 11.3 Å². The summed E-state index contributed by atoms with van der Waals surface area (Å²) in [7, 11) is 5.63. The number of rotatable bonds is 6. The molecule has 0 aliphatic rings. The van der Waals surface area contributed by atoms with Crippen molar-refractivity contribution in [3.63, 3.8) is 0 Å². The third-order valence-electron chi connectivity index (χ3n) is 3.36. The standard InChI is InChI=1S/C16H19BrN2O2S/c1-19(2)13(15-5-4-8-22-15)10-18-16(20)11-6-7-14(21-3)12(17)9-11/h4-9,13H,10H2,1-3H3,(H,18,20). The van der Waals surface area contributed by atoms with E-state index in [4.69, 9.17) is 4.74 Å². The molecule has 1 aromatic heterocycles. The summed E-state index contributed by atoms with van der Waals surface area (Å²) in [6, 6.07) is 9.59. The molecule has 0 spiro atoms. The Morgan fingerprint density at radius 2 is 2.18 bits per heavy atom. The van der Waals surface area contributed by atoms with Crippen LogP contribution in [0.4, 0.5) is 0 Å². The lowest BCUT2D eigenvalue weighted by atomic mass is 10.2. The Hall–Kier alpha value is -1.37. The molecule has 0 bridgehead atoms. The number of benzene rings is 1. The number of ether oxygens (including phenoxy) is 1. The molecule has 0 radical (unpaired) electrons. The molecule has 1 aromatic carbocycles. The van der Waals surface area contributed by atoms with Gasteiger partial charge < -0.3 is 15.0 Å². The van der Waals surface area contributed by atoms with Crippen LogP contribution in [0.2, 0.25) is 0 Å². The topological polar surface area (TPSA) is 41.6 Å². The van der Waals surface area contributed by atoms with Crippen molar-refractivity contribution in [2.75, 3.05) is 27.7 Å². The highest BCUT2D eigenvalue weighted by Gasteiger charge is 2.17. The first-order valence-electron chi connectivity index (χ1n) is 6.84. The molecule has 1 unspecified atom stereocenters. The monoisotopic (exact) mass is 382 g/mol. The number of halogens is 1. The zero-order valence-corrected chi connectivity index (χ0v) is 15.2. The number of nitrogens with one attached hydrogen (secondary N) is 1. The fourth-order valence-corrected chi connectivity index (χ4v) is 3.58. The van der Waals surface area contributed by atoms with Gasteiger partial charge in [0.2, 0.25) is 0 Å². The summed E-state index contributed by atoms with van der Waals surface area (Å²) >= 11 is 5.10. The Morgan fingerprint density at radius 3 is 2.73 bits per heavy atom.